The fraction of sp³-hybridized carbons (Fsp3) is 0.190. The number of hydrogen-bond acceptors (Lipinski definition) is 6. The van der Waals surface area contributed by atoms with Crippen LogP contribution in [-0.4, -0.2) is 24.0 Å². The number of rotatable bonds is 6. The smallest absolute Gasteiger partial charge is 0.338 e. The van der Waals surface area contributed by atoms with Gasteiger partial charge < -0.3 is 9.47 Å². The minimum Gasteiger partial charge on any atom is -0.496 e. The Morgan fingerprint density at radius 1 is 1.21 bits per heavy atom. The lowest BCUT2D eigenvalue weighted by molar-refractivity contribution is -0.115. The van der Waals surface area contributed by atoms with Gasteiger partial charge in [0, 0.05) is 12.3 Å². The third-order valence-corrected chi connectivity index (χ3v) is 5.01. The zero-order valence-electron chi connectivity index (χ0n) is 16.1. The number of thiazole rings is 1. The van der Waals surface area contributed by atoms with Gasteiger partial charge in [-0.2, -0.15) is 0 Å². The minimum atomic E-state index is -0.529. The van der Waals surface area contributed by atoms with Gasteiger partial charge in [-0.25, -0.2) is 14.2 Å². The first kappa shape index (κ1) is 20.5. The molecule has 0 aliphatic heterocycles. The number of carbonyl (C=O) groups is 2. The topological polar surface area (TPSA) is 68.7 Å². The van der Waals surface area contributed by atoms with E-state index < -0.39 is 11.8 Å². The van der Waals surface area contributed by atoms with E-state index >= 15 is 0 Å². The second kappa shape index (κ2) is 8.83. The monoisotopic (exact) mass is 414 g/mol. The van der Waals surface area contributed by atoms with Crippen LogP contribution in [0, 0.1) is 12.7 Å². The number of anilines is 2. The van der Waals surface area contributed by atoms with Crippen LogP contribution in [0.2, 0.25) is 0 Å². The molecule has 0 fully saturated rings. The summed E-state index contributed by atoms with van der Waals surface area (Å²) < 4.78 is 24.7. The van der Waals surface area contributed by atoms with Crippen molar-refractivity contribution in [3.8, 4) is 5.75 Å². The SMILES string of the molecule is COc1cc(C(=O)OCc2csc(N(C(C)=O)c3ccccc3F)n2)ccc1C. The first-order valence-electron chi connectivity index (χ1n) is 8.72. The van der Waals surface area contributed by atoms with Gasteiger partial charge in [-0.3, -0.25) is 9.69 Å². The Labute approximate surface area is 171 Å². The summed E-state index contributed by atoms with van der Waals surface area (Å²) in [6.07, 6.45) is 0. The second-order valence-electron chi connectivity index (χ2n) is 6.19. The zero-order valence-corrected chi connectivity index (χ0v) is 17.0. The molecule has 0 saturated carbocycles. The molecule has 0 bridgehead atoms. The highest BCUT2D eigenvalue weighted by atomic mass is 32.1. The highest BCUT2D eigenvalue weighted by Crippen LogP contribution is 2.31. The van der Waals surface area contributed by atoms with Crippen molar-refractivity contribution in [2.75, 3.05) is 12.0 Å². The van der Waals surface area contributed by atoms with Crippen LogP contribution in [0.3, 0.4) is 0 Å². The van der Waals surface area contributed by atoms with Crippen LogP contribution in [0.15, 0.2) is 47.8 Å². The maximum Gasteiger partial charge on any atom is 0.338 e. The molecule has 1 heterocycles. The molecule has 150 valence electrons. The number of para-hydroxylation sites is 1. The largest absolute Gasteiger partial charge is 0.496 e. The van der Waals surface area contributed by atoms with Crippen LogP contribution in [0.5, 0.6) is 5.75 Å². The molecule has 29 heavy (non-hydrogen) atoms. The summed E-state index contributed by atoms with van der Waals surface area (Å²) in [4.78, 5) is 29.9. The molecule has 0 atom stereocenters. The zero-order chi connectivity index (χ0) is 21.0. The van der Waals surface area contributed by atoms with Crippen molar-refractivity contribution >= 4 is 34.0 Å². The molecular weight excluding hydrogens is 395 g/mol. The molecule has 6 nitrogen and oxygen atoms in total. The average Bonchev–Trinajstić information content (AvgIpc) is 3.16. The average molecular weight is 414 g/mol. The molecule has 3 aromatic rings. The molecule has 0 unspecified atom stereocenters. The van der Waals surface area contributed by atoms with E-state index in [-0.39, 0.29) is 18.2 Å². The van der Waals surface area contributed by atoms with E-state index in [0.29, 0.717) is 22.1 Å². The molecule has 8 heteroatoms. The molecule has 1 aromatic heterocycles. The van der Waals surface area contributed by atoms with Crippen LogP contribution in [-0.2, 0) is 16.1 Å². The molecule has 2 aromatic carbocycles. The van der Waals surface area contributed by atoms with E-state index in [1.165, 1.54) is 31.1 Å². The molecular formula is C21H19FN2O4S. The fourth-order valence-electron chi connectivity index (χ4n) is 2.68. The maximum absolute atomic E-state index is 14.1. The molecule has 0 spiro atoms. The van der Waals surface area contributed by atoms with Gasteiger partial charge in [0.15, 0.2) is 5.13 Å². The Kier molecular flexibility index (Phi) is 6.23. The number of benzene rings is 2. The van der Waals surface area contributed by atoms with Gasteiger partial charge in [0.1, 0.15) is 18.2 Å². The van der Waals surface area contributed by atoms with Crippen molar-refractivity contribution in [3.05, 3.63) is 70.5 Å². The number of ether oxygens (including phenoxy) is 2. The van der Waals surface area contributed by atoms with Gasteiger partial charge in [-0.05, 0) is 36.8 Å². The van der Waals surface area contributed by atoms with Gasteiger partial charge in [-0.1, -0.05) is 18.2 Å². The van der Waals surface area contributed by atoms with Crippen molar-refractivity contribution in [3.63, 3.8) is 0 Å². The van der Waals surface area contributed by atoms with Crippen molar-refractivity contribution in [1.29, 1.82) is 0 Å². The lowest BCUT2D eigenvalue weighted by atomic mass is 10.1. The summed E-state index contributed by atoms with van der Waals surface area (Å²) in [7, 11) is 1.53. The van der Waals surface area contributed by atoms with Crippen LogP contribution < -0.4 is 9.64 Å². The van der Waals surface area contributed by atoms with Crippen molar-refractivity contribution in [1.82, 2.24) is 4.98 Å². The van der Waals surface area contributed by atoms with Gasteiger partial charge in [0.25, 0.3) is 0 Å². The number of halogens is 1. The third kappa shape index (κ3) is 4.60. The predicted molar refractivity (Wildman–Crippen MR) is 108 cm³/mol. The molecule has 0 saturated heterocycles. The van der Waals surface area contributed by atoms with Gasteiger partial charge in [0.2, 0.25) is 5.91 Å². The quantitative estimate of drug-likeness (QED) is 0.550. The van der Waals surface area contributed by atoms with Crippen molar-refractivity contribution in [2.45, 2.75) is 20.5 Å². The van der Waals surface area contributed by atoms with Crippen LogP contribution in [0.1, 0.15) is 28.5 Å². The van der Waals surface area contributed by atoms with Crippen LogP contribution >= 0.6 is 11.3 Å². The molecule has 0 radical (unpaired) electrons. The van der Waals surface area contributed by atoms with E-state index in [0.717, 1.165) is 16.9 Å². The Morgan fingerprint density at radius 2 is 1.97 bits per heavy atom. The van der Waals surface area contributed by atoms with E-state index in [2.05, 4.69) is 4.98 Å². The predicted octanol–water partition coefficient (Wildman–Crippen LogP) is 4.64. The second-order valence-corrected chi connectivity index (χ2v) is 7.02. The number of hydrogen-bond donors (Lipinski definition) is 0. The lowest BCUT2D eigenvalue weighted by Crippen LogP contribution is -2.23. The third-order valence-electron chi connectivity index (χ3n) is 4.13. The van der Waals surface area contributed by atoms with Gasteiger partial charge in [-0.15, -0.1) is 11.3 Å². The Bertz CT molecular complexity index is 1050. The van der Waals surface area contributed by atoms with Gasteiger partial charge in [0.05, 0.1) is 24.1 Å². The van der Waals surface area contributed by atoms with Crippen molar-refractivity contribution < 1.29 is 23.5 Å². The molecule has 3 rings (SSSR count). The first-order valence-corrected chi connectivity index (χ1v) is 9.60. The molecule has 0 aliphatic rings. The summed E-state index contributed by atoms with van der Waals surface area (Å²) in [5, 5.41) is 1.96. The highest BCUT2D eigenvalue weighted by Gasteiger charge is 2.21. The molecule has 0 aliphatic carbocycles. The van der Waals surface area contributed by atoms with Crippen LogP contribution in [0.25, 0.3) is 0 Å². The number of aromatic nitrogens is 1. The Hall–Kier alpha value is -3.26. The first-order chi connectivity index (χ1) is 13.9. The number of methoxy groups -OCH3 is 1. The maximum atomic E-state index is 14.1. The number of nitrogens with zero attached hydrogens (tertiary/aromatic N) is 2. The van der Waals surface area contributed by atoms with Crippen molar-refractivity contribution in [2.24, 2.45) is 0 Å². The summed E-state index contributed by atoms with van der Waals surface area (Å²) >= 11 is 1.16. The summed E-state index contributed by atoms with van der Waals surface area (Å²) in [5.41, 5.74) is 1.84. The Balaban J connectivity index is 1.73. The summed E-state index contributed by atoms with van der Waals surface area (Å²) in [5.74, 6) is -0.827. The minimum absolute atomic E-state index is 0.0749. The summed E-state index contributed by atoms with van der Waals surface area (Å²) in [6, 6.07) is 11.0. The summed E-state index contributed by atoms with van der Waals surface area (Å²) in [6.45, 7) is 3.13. The Morgan fingerprint density at radius 3 is 2.66 bits per heavy atom. The molecule has 1 amide bonds. The number of carbonyl (C=O) groups excluding carboxylic acids is 2. The normalized spacial score (nSPS) is 10.5. The fourth-order valence-corrected chi connectivity index (χ4v) is 3.54. The number of amides is 1. The van der Waals surface area contributed by atoms with Gasteiger partial charge >= 0.3 is 5.97 Å². The highest BCUT2D eigenvalue weighted by molar-refractivity contribution is 7.14. The number of esters is 1. The standard InChI is InChI=1S/C21H19FN2O4S/c1-13-8-9-15(10-19(13)27-3)20(26)28-11-16-12-29-21(23-16)24(14(2)25)18-7-5-4-6-17(18)22/h4-10,12H,11H2,1-3H3. The lowest BCUT2D eigenvalue weighted by Gasteiger charge is -2.18. The van der Waals surface area contributed by atoms with Crippen LogP contribution in [0.4, 0.5) is 15.2 Å². The molecule has 0 N–H and O–H groups in total. The van der Waals surface area contributed by atoms with E-state index in [4.69, 9.17) is 9.47 Å². The van der Waals surface area contributed by atoms with E-state index in [1.807, 2.05) is 6.92 Å². The van der Waals surface area contributed by atoms with E-state index in [9.17, 15) is 14.0 Å². The van der Waals surface area contributed by atoms with E-state index in [1.54, 1.807) is 35.7 Å². The number of aryl methyl sites for hydroxylation is 1.